The summed E-state index contributed by atoms with van der Waals surface area (Å²) in [7, 11) is -3.95. The Morgan fingerprint density at radius 2 is 1.83 bits per heavy atom. The van der Waals surface area contributed by atoms with Crippen LogP contribution in [0.4, 0.5) is 5.69 Å². The van der Waals surface area contributed by atoms with Crippen molar-refractivity contribution in [1.82, 2.24) is 4.72 Å². The molecule has 2 aromatic carbocycles. The molecule has 0 saturated heterocycles. The van der Waals surface area contributed by atoms with Gasteiger partial charge in [-0.15, -0.1) is 0 Å². The van der Waals surface area contributed by atoms with Crippen molar-refractivity contribution < 1.29 is 13.2 Å². The number of anilines is 1. The van der Waals surface area contributed by atoms with Crippen LogP contribution < -0.4 is 10.0 Å². The molecule has 0 heterocycles. The van der Waals surface area contributed by atoms with E-state index in [1.807, 2.05) is 0 Å². The molecule has 5 nitrogen and oxygen atoms in total. The summed E-state index contributed by atoms with van der Waals surface area (Å²) in [5.74, 6) is -0.515. The quantitative estimate of drug-likeness (QED) is 0.749. The number of halogens is 3. The zero-order chi connectivity index (χ0) is 17.0. The van der Waals surface area contributed by atoms with Crippen LogP contribution in [0.2, 0.25) is 10.0 Å². The Morgan fingerprint density at radius 3 is 2.52 bits per heavy atom. The smallest absolute Gasteiger partial charge is 0.242 e. The third-order valence-electron chi connectivity index (χ3n) is 2.75. The summed E-state index contributed by atoms with van der Waals surface area (Å²) < 4.78 is 27.2. The summed E-state index contributed by atoms with van der Waals surface area (Å²) in [5.41, 5.74) is 0.539. The van der Waals surface area contributed by atoms with Gasteiger partial charge >= 0.3 is 0 Å². The number of carbonyl (C=O) groups excluding carboxylic acids is 1. The Morgan fingerprint density at radius 1 is 1.13 bits per heavy atom. The number of sulfonamides is 1. The first-order valence-electron chi connectivity index (χ1n) is 6.29. The van der Waals surface area contributed by atoms with E-state index in [0.717, 1.165) is 0 Å². The van der Waals surface area contributed by atoms with Crippen LogP contribution in [-0.2, 0) is 14.8 Å². The lowest BCUT2D eigenvalue weighted by molar-refractivity contribution is -0.115. The molecule has 122 valence electrons. The van der Waals surface area contributed by atoms with E-state index in [9.17, 15) is 13.2 Å². The Balaban J connectivity index is 2.06. The van der Waals surface area contributed by atoms with Crippen molar-refractivity contribution in [2.24, 2.45) is 0 Å². The topological polar surface area (TPSA) is 75.3 Å². The zero-order valence-corrected chi connectivity index (χ0v) is 15.4. The number of para-hydroxylation sites is 1. The maximum atomic E-state index is 12.2. The monoisotopic (exact) mass is 436 g/mol. The predicted molar refractivity (Wildman–Crippen MR) is 94.4 cm³/mol. The van der Waals surface area contributed by atoms with Gasteiger partial charge in [0.2, 0.25) is 15.9 Å². The molecule has 0 unspecified atom stereocenters. The summed E-state index contributed by atoms with van der Waals surface area (Å²) >= 11 is 14.9. The Bertz CT molecular complexity index is 844. The average Bonchev–Trinajstić information content (AvgIpc) is 2.50. The molecule has 2 N–H and O–H groups in total. The van der Waals surface area contributed by atoms with Gasteiger partial charge in [0.1, 0.15) is 4.90 Å². The fourth-order valence-corrected chi connectivity index (χ4v) is 3.80. The van der Waals surface area contributed by atoms with Crippen molar-refractivity contribution in [3.05, 3.63) is 57.0 Å². The van der Waals surface area contributed by atoms with Gasteiger partial charge in [-0.1, -0.05) is 35.3 Å². The van der Waals surface area contributed by atoms with Gasteiger partial charge in [0.05, 0.1) is 17.3 Å². The van der Waals surface area contributed by atoms with E-state index >= 15 is 0 Å². The lowest BCUT2D eigenvalue weighted by Gasteiger charge is -2.10. The van der Waals surface area contributed by atoms with E-state index in [1.165, 1.54) is 18.2 Å². The molecule has 0 saturated carbocycles. The van der Waals surface area contributed by atoms with Crippen LogP contribution in [0.1, 0.15) is 0 Å². The molecule has 2 aromatic rings. The van der Waals surface area contributed by atoms with Gasteiger partial charge in [-0.2, -0.15) is 0 Å². The molecule has 2 rings (SSSR count). The SMILES string of the molecule is O=C(CNS(=O)(=O)c1cc(Cl)ccc1Cl)Nc1ccccc1Br. The Labute approximate surface area is 152 Å². The van der Waals surface area contributed by atoms with E-state index in [4.69, 9.17) is 23.2 Å². The van der Waals surface area contributed by atoms with Crippen LogP contribution in [0.5, 0.6) is 0 Å². The number of hydrogen-bond acceptors (Lipinski definition) is 3. The molecule has 0 aliphatic heterocycles. The second-order valence-corrected chi connectivity index (χ2v) is 7.86. The van der Waals surface area contributed by atoms with Crippen molar-refractivity contribution in [1.29, 1.82) is 0 Å². The van der Waals surface area contributed by atoms with Gasteiger partial charge < -0.3 is 5.32 Å². The highest BCUT2D eigenvalue weighted by molar-refractivity contribution is 9.10. The minimum Gasteiger partial charge on any atom is -0.324 e. The minimum absolute atomic E-state index is 0.0214. The van der Waals surface area contributed by atoms with Crippen LogP contribution in [0.25, 0.3) is 0 Å². The van der Waals surface area contributed by atoms with Gasteiger partial charge in [-0.05, 0) is 46.3 Å². The van der Waals surface area contributed by atoms with Crippen molar-refractivity contribution in [2.45, 2.75) is 4.90 Å². The number of carbonyl (C=O) groups is 1. The van der Waals surface area contributed by atoms with Gasteiger partial charge in [0.25, 0.3) is 0 Å². The summed E-state index contributed by atoms with van der Waals surface area (Å²) in [4.78, 5) is 11.7. The van der Waals surface area contributed by atoms with Crippen LogP contribution in [0, 0.1) is 0 Å². The van der Waals surface area contributed by atoms with Crippen LogP contribution in [-0.4, -0.2) is 20.9 Å². The molecule has 0 radical (unpaired) electrons. The standard InChI is InChI=1S/C14H11BrCl2N2O3S/c15-10-3-1-2-4-12(10)19-14(20)8-18-23(21,22)13-7-9(16)5-6-11(13)17/h1-7,18H,8H2,(H,19,20). The normalized spacial score (nSPS) is 11.3. The van der Waals surface area contributed by atoms with Crippen LogP contribution in [0.3, 0.4) is 0 Å². The van der Waals surface area contributed by atoms with E-state index in [1.54, 1.807) is 24.3 Å². The van der Waals surface area contributed by atoms with E-state index in [-0.39, 0.29) is 14.9 Å². The molecule has 0 aliphatic rings. The molecular formula is C14H11BrCl2N2O3S. The van der Waals surface area contributed by atoms with Crippen molar-refractivity contribution in [3.63, 3.8) is 0 Å². The van der Waals surface area contributed by atoms with Gasteiger partial charge in [-0.3, -0.25) is 4.79 Å². The minimum atomic E-state index is -3.95. The molecule has 0 spiro atoms. The fourth-order valence-electron chi connectivity index (χ4n) is 1.68. The summed E-state index contributed by atoms with van der Waals surface area (Å²) in [6.07, 6.45) is 0. The number of nitrogens with one attached hydrogen (secondary N) is 2. The molecule has 0 fully saturated rings. The second kappa shape index (κ2) is 7.63. The number of rotatable bonds is 5. The highest BCUT2D eigenvalue weighted by Crippen LogP contribution is 2.25. The highest BCUT2D eigenvalue weighted by Gasteiger charge is 2.19. The first kappa shape index (κ1) is 18.2. The van der Waals surface area contributed by atoms with Gasteiger partial charge in [-0.25, -0.2) is 13.1 Å². The average molecular weight is 438 g/mol. The lowest BCUT2D eigenvalue weighted by atomic mass is 10.3. The number of benzene rings is 2. The summed E-state index contributed by atoms with van der Waals surface area (Å²) in [5, 5.41) is 2.84. The largest absolute Gasteiger partial charge is 0.324 e. The van der Waals surface area contributed by atoms with E-state index in [2.05, 4.69) is 26.0 Å². The summed E-state index contributed by atoms with van der Waals surface area (Å²) in [6.45, 7) is -0.438. The maximum Gasteiger partial charge on any atom is 0.242 e. The molecule has 0 aromatic heterocycles. The van der Waals surface area contributed by atoms with Crippen molar-refractivity contribution in [3.8, 4) is 0 Å². The molecule has 9 heteroatoms. The highest BCUT2D eigenvalue weighted by atomic mass is 79.9. The molecular weight excluding hydrogens is 427 g/mol. The van der Waals surface area contributed by atoms with E-state index in [0.29, 0.717) is 10.2 Å². The molecule has 1 amide bonds. The first-order chi connectivity index (χ1) is 10.8. The second-order valence-electron chi connectivity index (χ2n) is 4.43. The van der Waals surface area contributed by atoms with Crippen LogP contribution >= 0.6 is 39.1 Å². The molecule has 0 aliphatic carbocycles. The third kappa shape index (κ3) is 4.92. The first-order valence-corrected chi connectivity index (χ1v) is 9.32. The van der Waals surface area contributed by atoms with Gasteiger partial charge in [0, 0.05) is 9.50 Å². The molecule has 23 heavy (non-hydrogen) atoms. The van der Waals surface area contributed by atoms with Crippen molar-refractivity contribution in [2.75, 3.05) is 11.9 Å². The van der Waals surface area contributed by atoms with Crippen molar-refractivity contribution >= 4 is 60.7 Å². The lowest BCUT2D eigenvalue weighted by Crippen LogP contribution is -2.33. The van der Waals surface area contributed by atoms with Gasteiger partial charge in [0.15, 0.2) is 0 Å². The number of amides is 1. The Kier molecular flexibility index (Phi) is 6.05. The predicted octanol–water partition coefficient (Wildman–Crippen LogP) is 3.67. The van der Waals surface area contributed by atoms with E-state index < -0.39 is 22.5 Å². The van der Waals surface area contributed by atoms with Crippen LogP contribution in [0.15, 0.2) is 51.8 Å². The number of hydrogen-bond donors (Lipinski definition) is 2. The fraction of sp³-hybridized carbons (Fsp3) is 0.0714. The summed E-state index contributed by atoms with van der Waals surface area (Å²) in [6, 6.07) is 11.1. The third-order valence-corrected chi connectivity index (χ3v) is 5.56. The Hall–Kier alpha value is -1.12. The molecule has 0 bridgehead atoms. The maximum absolute atomic E-state index is 12.2. The zero-order valence-electron chi connectivity index (χ0n) is 11.5. The molecule has 0 atom stereocenters.